The number of ether oxygens (including phenoxy) is 1. The second kappa shape index (κ2) is 4.98. The first kappa shape index (κ1) is 14.7. The highest BCUT2D eigenvalue weighted by molar-refractivity contribution is 9.10. The fourth-order valence-electron chi connectivity index (χ4n) is 1.83. The number of carbonyl (C=O) groups excluding carboxylic acids is 1. The third-order valence-corrected chi connectivity index (χ3v) is 4.44. The van der Waals surface area contributed by atoms with Crippen LogP contribution in [0.1, 0.15) is 29.6 Å². The third-order valence-electron chi connectivity index (χ3n) is 2.97. The molecule has 0 saturated heterocycles. The van der Waals surface area contributed by atoms with Crippen molar-refractivity contribution in [2.75, 3.05) is 0 Å². The zero-order chi connectivity index (χ0) is 14.3. The summed E-state index contributed by atoms with van der Waals surface area (Å²) >= 11 is 9.20. The van der Waals surface area contributed by atoms with Gasteiger partial charge in [0.15, 0.2) is 5.78 Å². The standard InChI is InChI=1S/C12H9BrClF3O2/c13-11(4-1-5-11)10(18)8-3-2-7(6-9(8)14)19-12(15,16)17/h2-3,6H,1,4-5H2. The van der Waals surface area contributed by atoms with Crippen molar-refractivity contribution in [2.24, 2.45) is 0 Å². The summed E-state index contributed by atoms with van der Waals surface area (Å²) in [5.74, 6) is -0.645. The molecular weight excluding hydrogens is 348 g/mol. The summed E-state index contributed by atoms with van der Waals surface area (Å²) in [6.45, 7) is 0. The van der Waals surface area contributed by atoms with Crippen LogP contribution in [-0.2, 0) is 0 Å². The fourth-order valence-corrected chi connectivity index (χ4v) is 2.86. The number of halogens is 5. The fraction of sp³-hybridized carbons (Fsp3) is 0.417. The average Bonchev–Trinajstić information content (AvgIpc) is 2.23. The minimum Gasteiger partial charge on any atom is -0.406 e. The molecule has 0 N–H and O–H groups in total. The van der Waals surface area contributed by atoms with Gasteiger partial charge >= 0.3 is 6.36 Å². The van der Waals surface area contributed by atoms with Gasteiger partial charge in [0, 0.05) is 5.56 Å². The molecule has 0 bridgehead atoms. The molecule has 2 nitrogen and oxygen atoms in total. The van der Waals surface area contributed by atoms with Gasteiger partial charge in [0.25, 0.3) is 0 Å². The van der Waals surface area contributed by atoms with Gasteiger partial charge in [-0.2, -0.15) is 0 Å². The molecule has 0 aliphatic heterocycles. The smallest absolute Gasteiger partial charge is 0.406 e. The second-order valence-corrected chi connectivity index (χ2v) is 6.26. The topological polar surface area (TPSA) is 26.3 Å². The van der Waals surface area contributed by atoms with Crippen LogP contribution in [0.15, 0.2) is 18.2 Å². The molecule has 1 aliphatic rings. The number of alkyl halides is 4. The van der Waals surface area contributed by atoms with Gasteiger partial charge in [0.05, 0.1) is 9.35 Å². The molecule has 1 saturated carbocycles. The van der Waals surface area contributed by atoms with E-state index in [-0.39, 0.29) is 16.4 Å². The molecule has 0 spiro atoms. The first-order valence-corrected chi connectivity index (χ1v) is 6.67. The predicted molar refractivity (Wildman–Crippen MR) is 68.0 cm³/mol. The highest BCUT2D eigenvalue weighted by atomic mass is 79.9. The van der Waals surface area contributed by atoms with E-state index in [1.54, 1.807) is 0 Å². The first-order valence-electron chi connectivity index (χ1n) is 5.50. The number of ketones is 1. The molecule has 1 aromatic rings. The van der Waals surface area contributed by atoms with Crippen LogP contribution in [0, 0.1) is 0 Å². The summed E-state index contributed by atoms with van der Waals surface area (Å²) in [4.78, 5) is 12.2. The third kappa shape index (κ3) is 3.23. The van der Waals surface area contributed by atoms with Crippen LogP contribution in [0.2, 0.25) is 5.02 Å². The van der Waals surface area contributed by atoms with Crippen molar-refractivity contribution in [3.63, 3.8) is 0 Å². The van der Waals surface area contributed by atoms with Crippen molar-refractivity contribution in [2.45, 2.75) is 29.9 Å². The maximum Gasteiger partial charge on any atom is 0.573 e. The summed E-state index contributed by atoms with van der Waals surface area (Å²) in [6.07, 6.45) is -2.45. The Bertz CT molecular complexity index is 512. The van der Waals surface area contributed by atoms with Crippen LogP contribution in [0.4, 0.5) is 13.2 Å². The zero-order valence-electron chi connectivity index (χ0n) is 9.56. The minimum atomic E-state index is -4.78. The van der Waals surface area contributed by atoms with Gasteiger partial charge in [-0.3, -0.25) is 4.79 Å². The van der Waals surface area contributed by atoms with Gasteiger partial charge in [-0.15, -0.1) is 13.2 Å². The molecule has 2 rings (SSSR count). The molecule has 0 aromatic heterocycles. The number of Topliss-reactive ketones (excluding diaryl/α,β-unsaturated/α-hetero) is 1. The van der Waals surface area contributed by atoms with Crippen LogP contribution < -0.4 is 4.74 Å². The Balaban J connectivity index is 2.22. The number of hydrogen-bond donors (Lipinski definition) is 0. The van der Waals surface area contributed by atoms with Crippen molar-refractivity contribution in [1.29, 1.82) is 0 Å². The van der Waals surface area contributed by atoms with E-state index in [1.807, 2.05) is 0 Å². The lowest BCUT2D eigenvalue weighted by atomic mass is 9.79. The van der Waals surface area contributed by atoms with Crippen LogP contribution in [-0.4, -0.2) is 16.5 Å². The summed E-state index contributed by atoms with van der Waals surface area (Å²) < 4.78 is 39.2. The van der Waals surface area contributed by atoms with E-state index < -0.39 is 16.4 Å². The average molecular weight is 358 g/mol. The molecule has 0 amide bonds. The molecule has 104 valence electrons. The van der Waals surface area contributed by atoms with Crippen LogP contribution >= 0.6 is 27.5 Å². The van der Waals surface area contributed by atoms with Crippen LogP contribution in [0.5, 0.6) is 5.75 Å². The highest BCUT2D eigenvalue weighted by Crippen LogP contribution is 2.44. The van der Waals surface area contributed by atoms with Gasteiger partial charge in [-0.1, -0.05) is 27.5 Å². The summed E-state index contributed by atoms with van der Waals surface area (Å²) in [5.41, 5.74) is 0.202. The van der Waals surface area contributed by atoms with Crippen molar-refractivity contribution in [1.82, 2.24) is 0 Å². The molecule has 7 heteroatoms. The van der Waals surface area contributed by atoms with Gasteiger partial charge in [-0.05, 0) is 37.5 Å². The van der Waals surface area contributed by atoms with Crippen LogP contribution in [0.3, 0.4) is 0 Å². The Hall–Kier alpha value is -0.750. The van der Waals surface area contributed by atoms with Crippen molar-refractivity contribution in [3.8, 4) is 5.75 Å². The highest BCUT2D eigenvalue weighted by Gasteiger charge is 2.42. The molecule has 0 heterocycles. The second-order valence-electron chi connectivity index (χ2n) is 4.34. The minimum absolute atomic E-state index is 0.0440. The van der Waals surface area contributed by atoms with Crippen molar-refractivity contribution < 1.29 is 22.7 Å². The Morgan fingerprint density at radius 2 is 2.00 bits per heavy atom. The number of rotatable bonds is 3. The van der Waals surface area contributed by atoms with Gasteiger partial charge in [0.1, 0.15) is 5.75 Å². The summed E-state index contributed by atoms with van der Waals surface area (Å²) in [6, 6.07) is 3.34. The van der Waals surface area contributed by atoms with E-state index in [4.69, 9.17) is 11.6 Å². The largest absolute Gasteiger partial charge is 0.573 e. The van der Waals surface area contributed by atoms with Crippen molar-refractivity contribution in [3.05, 3.63) is 28.8 Å². The molecular formula is C12H9BrClF3O2. The Labute approximate surface area is 121 Å². The van der Waals surface area contributed by atoms with E-state index in [1.165, 1.54) is 6.07 Å². The normalized spacial score (nSPS) is 17.7. The maximum atomic E-state index is 12.2. The van der Waals surface area contributed by atoms with Crippen molar-refractivity contribution >= 4 is 33.3 Å². The maximum absolute atomic E-state index is 12.2. The van der Waals surface area contributed by atoms with Gasteiger partial charge < -0.3 is 4.74 Å². The van der Waals surface area contributed by atoms with Gasteiger partial charge in [-0.25, -0.2) is 0 Å². The van der Waals surface area contributed by atoms with E-state index >= 15 is 0 Å². The van der Waals surface area contributed by atoms with E-state index in [0.717, 1.165) is 18.6 Å². The molecule has 1 fully saturated rings. The number of carbonyl (C=O) groups is 1. The molecule has 1 aromatic carbocycles. The molecule has 19 heavy (non-hydrogen) atoms. The lowest BCUT2D eigenvalue weighted by molar-refractivity contribution is -0.274. The number of benzene rings is 1. The summed E-state index contributed by atoms with van der Waals surface area (Å²) in [7, 11) is 0. The predicted octanol–water partition coefficient (Wildman–Crippen LogP) is 4.74. The summed E-state index contributed by atoms with van der Waals surface area (Å²) in [5, 5.41) is -0.0440. The Morgan fingerprint density at radius 1 is 1.37 bits per heavy atom. The van der Waals surface area contributed by atoms with E-state index in [0.29, 0.717) is 12.8 Å². The first-order chi connectivity index (χ1) is 8.71. The quantitative estimate of drug-likeness (QED) is 0.577. The molecule has 1 aliphatic carbocycles. The lowest BCUT2D eigenvalue weighted by Crippen LogP contribution is -2.39. The zero-order valence-corrected chi connectivity index (χ0v) is 11.9. The molecule has 0 unspecified atom stereocenters. The van der Waals surface area contributed by atoms with E-state index in [9.17, 15) is 18.0 Å². The Kier molecular flexibility index (Phi) is 3.84. The SMILES string of the molecule is O=C(c1ccc(OC(F)(F)F)cc1Cl)C1(Br)CCC1. The monoisotopic (exact) mass is 356 g/mol. The van der Waals surface area contributed by atoms with E-state index in [2.05, 4.69) is 20.7 Å². The number of hydrogen-bond acceptors (Lipinski definition) is 2. The van der Waals surface area contributed by atoms with Crippen LogP contribution in [0.25, 0.3) is 0 Å². The van der Waals surface area contributed by atoms with Gasteiger partial charge in [0.2, 0.25) is 0 Å². The lowest BCUT2D eigenvalue weighted by Gasteiger charge is -2.34. The molecule has 0 atom stereocenters. The Morgan fingerprint density at radius 3 is 2.42 bits per heavy atom. The molecule has 0 radical (unpaired) electrons.